The lowest BCUT2D eigenvalue weighted by Crippen LogP contribution is -2.60. The second kappa shape index (κ2) is 10.9. The molecule has 0 amide bonds. The van der Waals surface area contributed by atoms with Crippen molar-refractivity contribution in [2.45, 2.75) is 61.4 Å². The lowest BCUT2D eigenvalue weighted by molar-refractivity contribution is -0.277. The SMILES string of the molecule is O=c1c2ccc(O[C@H]3O[C@H](CO)[C@@H](O)[C@@H](O)[C@@H]3O)cc2oc2cc(O[C@@H]3O[C@@H](CO)[C@H](O)C(O)[C@H]3O)ccc12. The summed E-state index contributed by atoms with van der Waals surface area (Å²) in [6.07, 6.45) is -14.9. The first kappa shape index (κ1) is 27.7. The van der Waals surface area contributed by atoms with Gasteiger partial charge in [-0.15, -0.1) is 0 Å². The standard InChI is InChI=1S/C25H28O14/c26-7-15-18(29)20(31)22(33)24(38-15)35-9-1-3-11-13(5-9)37-14-6-10(2-4-12(14)17(11)28)36-25-23(34)21(32)19(30)16(8-27)39-25/h1-6,15-16,18-27,29-34H,7-8H2/t15-,16+,18-,19+,20-,21?,22+,23-,24+,25-/m1/s1. The van der Waals surface area contributed by atoms with E-state index in [1.807, 2.05) is 0 Å². The van der Waals surface area contributed by atoms with Crippen molar-refractivity contribution >= 4 is 21.9 Å². The molecule has 0 bridgehead atoms. The molecule has 2 aliphatic heterocycles. The summed E-state index contributed by atoms with van der Waals surface area (Å²) in [6.45, 7) is -1.26. The first-order valence-electron chi connectivity index (χ1n) is 12.1. The van der Waals surface area contributed by atoms with Gasteiger partial charge in [0.05, 0.1) is 24.0 Å². The summed E-state index contributed by atoms with van der Waals surface area (Å²) in [5, 5.41) is 79.4. The zero-order valence-corrected chi connectivity index (χ0v) is 20.2. The fourth-order valence-electron chi connectivity index (χ4n) is 4.56. The van der Waals surface area contributed by atoms with Crippen LogP contribution in [0.15, 0.2) is 45.6 Å². The first-order chi connectivity index (χ1) is 18.6. The number of fused-ring (bicyclic) bond motifs is 2. The van der Waals surface area contributed by atoms with Gasteiger partial charge < -0.3 is 64.2 Å². The quantitative estimate of drug-likeness (QED) is 0.146. The summed E-state index contributed by atoms with van der Waals surface area (Å²) in [7, 11) is 0. The predicted molar refractivity (Wildman–Crippen MR) is 129 cm³/mol. The van der Waals surface area contributed by atoms with Crippen LogP contribution in [0.2, 0.25) is 0 Å². The van der Waals surface area contributed by atoms with E-state index >= 15 is 0 Å². The Morgan fingerprint density at radius 1 is 0.615 bits per heavy atom. The third-order valence-corrected chi connectivity index (χ3v) is 6.82. The van der Waals surface area contributed by atoms with Gasteiger partial charge in [0.25, 0.3) is 0 Å². The second-order valence-electron chi connectivity index (χ2n) is 9.38. The van der Waals surface area contributed by atoms with Crippen molar-refractivity contribution in [2.24, 2.45) is 0 Å². The van der Waals surface area contributed by atoms with E-state index in [1.165, 1.54) is 36.4 Å². The Bertz CT molecular complexity index is 1270. The van der Waals surface area contributed by atoms with E-state index in [-0.39, 0.29) is 38.9 Å². The van der Waals surface area contributed by atoms with Gasteiger partial charge in [0.1, 0.15) is 71.5 Å². The van der Waals surface area contributed by atoms with Crippen molar-refractivity contribution in [1.82, 2.24) is 0 Å². The molecule has 2 aliphatic rings. The number of hydrogen-bond acceptors (Lipinski definition) is 14. The predicted octanol–water partition coefficient (Wildman–Crippen LogP) is -2.70. The van der Waals surface area contributed by atoms with Crippen LogP contribution in [0, 0.1) is 0 Å². The van der Waals surface area contributed by atoms with Crippen molar-refractivity contribution in [3.63, 3.8) is 0 Å². The molecule has 0 spiro atoms. The molecule has 2 saturated heterocycles. The van der Waals surface area contributed by atoms with Gasteiger partial charge in [-0.05, 0) is 24.3 Å². The maximum absolute atomic E-state index is 13.1. The minimum Gasteiger partial charge on any atom is -0.462 e. The van der Waals surface area contributed by atoms with E-state index in [9.17, 15) is 45.6 Å². The maximum atomic E-state index is 13.1. The zero-order chi connectivity index (χ0) is 28.0. The fourth-order valence-corrected chi connectivity index (χ4v) is 4.56. The molecule has 2 fully saturated rings. The number of hydrogen-bond donors (Lipinski definition) is 8. The van der Waals surface area contributed by atoms with Crippen LogP contribution in [0.3, 0.4) is 0 Å². The molecule has 14 nitrogen and oxygen atoms in total. The van der Waals surface area contributed by atoms with Gasteiger partial charge in [0.15, 0.2) is 0 Å². The zero-order valence-electron chi connectivity index (χ0n) is 20.2. The Morgan fingerprint density at radius 2 is 1.03 bits per heavy atom. The van der Waals surface area contributed by atoms with Crippen LogP contribution in [-0.4, -0.2) is 115 Å². The van der Waals surface area contributed by atoms with Crippen LogP contribution < -0.4 is 14.9 Å². The monoisotopic (exact) mass is 552 g/mol. The summed E-state index contributed by atoms with van der Waals surface area (Å²) in [6, 6.07) is 8.40. The van der Waals surface area contributed by atoms with Gasteiger partial charge in [-0.3, -0.25) is 4.79 Å². The van der Waals surface area contributed by atoms with Crippen molar-refractivity contribution in [3.8, 4) is 11.5 Å². The topological polar surface area (TPSA) is 229 Å². The number of benzene rings is 2. The molecule has 1 aromatic heterocycles. The number of rotatable bonds is 6. The van der Waals surface area contributed by atoms with Crippen LogP contribution in [0.4, 0.5) is 0 Å². The molecule has 1 unspecified atom stereocenters. The van der Waals surface area contributed by atoms with Crippen molar-refractivity contribution in [3.05, 3.63) is 46.6 Å². The average Bonchev–Trinajstić information content (AvgIpc) is 2.93. The first-order valence-corrected chi connectivity index (χ1v) is 12.1. The normalized spacial score (nSPS) is 35.3. The molecule has 39 heavy (non-hydrogen) atoms. The van der Waals surface area contributed by atoms with E-state index in [0.717, 1.165) is 0 Å². The Hall–Kier alpha value is -2.89. The van der Waals surface area contributed by atoms with Crippen molar-refractivity contribution in [1.29, 1.82) is 0 Å². The van der Waals surface area contributed by atoms with Gasteiger partial charge in [0, 0.05) is 12.1 Å². The summed E-state index contributed by atoms with van der Waals surface area (Å²) < 4.78 is 27.8. The van der Waals surface area contributed by atoms with E-state index in [1.54, 1.807) is 0 Å². The smallest absolute Gasteiger partial charge is 0.229 e. The second-order valence-corrected chi connectivity index (χ2v) is 9.38. The summed E-state index contributed by atoms with van der Waals surface area (Å²) in [5.74, 6) is 0.172. The highest BCUT2D eigenvalue weighted by Gasteiger charge is 2.45. The van der Waals surface area contributed by atoms with Crippen LogP contribution in [-0.2, 0) is 9.47 Å². The molecule has 2 aromatic carbocycles. The minimum absolute atomic E-state index is 0.0829. The van der Waals surface area contributed by atoms with E-state index in [2.05, 4.69) is 0 Å². The molecule has 14 heteroatoms. The van der Waals surface area contributed by atoms with Crippen molar-refractivity contribution < 1.29 is 64.2 Å². The molecule has 212 valence electrons. The van der Waals surface area contributed by atoms with E-state index in [4.69, 9.17) is 23.4 Å². The number of ether oxygens (including phenoxy) is 4. The van der Waals surface area contributed by atoms with Gasteiger partial charge in [0.2, 0.25) is 18.0 Å². The van der Waals surface area contributed by atoms with Crippen LogP contribution in [0.1, 0.15) is 0 Å². The molecular formula is C25H28O14. The fraction of sp³-hybridized carbons (Fsp3) is 0.480. The Kier molecular flexibility index (Phi) is 7.76. The number of aliphatic hydroxyl groups is 8. The van der Waals surface area contributed by atoms with Crippen molar-refractivity contribution in [2.75, 3.05) is 13.2 Å². The van der Waals surface area contributed by atoms with E-state index < -0.39 is 74.6 Å². The Labute approximate surface area is 219 Å². The molecule has 0 aliphatic carbocycles. The molecule has 0 saturated carbocycles. The molecule has 3 aromatic rings. The minimum atomic E-state index is -1.63. The Morgan fingerprint density at radius 3 is 1.41 bits per heavy atom. The average molecular weight is 552 g/mol. The summed E-state index contributed by atoms with van der Waals surface area (Å²) >= 11 is 0. The van der Waals surface area contributed by atoms with Gasteiger partial charge in [-0.1, -0.05) is 0 Å². The molecule has 0 radical (unpaired) electrons. The molecular weight excluding hydrogens is 524 g/mol. The molecule has 3 heterocycles. The lowest BCUT2D eigenvalue weighted by atomic mass is 9.99. The third kappa shape index (κ3) is 5.07. The lowest BCUT2D eigenvalue weighted by Gasteiger charge is -2.39. The Balaban J connectivity index is 1.42. The van der Waals surface area contributed by atoms with Gasteiger partial charge in [-0.25, -0.2) is 0 Å². The highest BCUT2D eigenvalue weighted by atomic mass is 16.7. The summed E-state index contributed by atoms with van der Waals surface area (Å²) in [4.78, 5) is 13.1. The van der Waals surface area contributed by atoms with Crippen LogP contribution in [0.5, 0.6) is 11.5 Å². The highest BCUT2D eigenvalue weighted by Crippen LogP contribution is 2.30. The number of aliphatic hydroxyl groups excluding tert-OH is 8. The molecule has 8 N–H and O–H groups in total. The largest absolute Gasteiger partial charge is 0.462 e. The van der Waals surface area contributed by atoms with Gasteiger partial charge in [-0.2, -0.15) is 0 Å². The van der Waals surface area contributed by atoms with Crippen LogP contribution >= 0.6 is 0 Å². The van der Waals surface area contributed by atoms with E-state index in [0.29, 0.717) is 0 Å². The molecule has 10 atom stereocenters. The molecule has 5 rings (SSSR count). The summed E-state index contributed by atoms with van der Waals surface area (Å²) in [5.41, 5.74) is -0.218. The van der Waals surface area contributed by atoms with Crippen LogP contribution in [0.25, 0.3) is 21.9 Å². The third-order valence-electron chi connectivity index (χ3n) is 6.82. The highest BCUT2D eigenvalue weighted by molar-refractivity contribution is 5.90. The maximum Gasteiger partial charge on any atom is 0.229 e. The van der Waals surface area contributed by atoms with Gasteiger partial charge >= 0.3 is 0 Å².